The fourth-order valence-electron chi connectivity index (χ4n) is 1.97. The molecule has 1 aliphatic rings. The highest BCUT2D eigenvalue weighted by Crippen LogP contribution is 2.20. The first kappa shape index (κ1) is 11.1. The van der Waals surface area contributed by atoms with Crippen LogP contribution in [0, 0.1) is 0 Å². The van der Waals surface area contributed by atoms with Gasteiger partial charge in [-0.1, -0.05) is 24.3 Å². The normalized spacial score (nSPS) is 21.2. The number of aliphatic carboxylic acids is 1. The number of carboxylic acid groups (broad SMARTS) is 1. The zero-order valence-corrected chi connectivity index (χ0v) is 9.23. The molecule has 1 aromatic rings. The Balaban J connectivity index is 2.16. The number of carboxylic acids is 1. The van der Waals surface area contributed by atoms with Crippen molar-refractivity contribution in [3.8, 4) is 0 Å². The summed E-state index contributed by atoms with van der Waals surface area (Å²) >= 11 is 0. The summed E-state index contributed by atoms with van der Waals surface area (Å²) in [6.07, 6.45) is 0.937. The average Bonchev–Trinajstić information content (AvgIpc) is 2.29. The quantitative estimate of drug-likeness (QED) is 0.708. The number of nitrogens with one attached hydrogen (secondary N) is 2. The molecule has 1 heterocycles. The molecule has 0 saturated heterocycles. The Labute approximate surface area is 94.7 Å². The van der Waals surface area contributed by atoms with E-state index in [1.807, 2.05) is 18.2 Å². The van der Waals surface area contributed by atoms with Crippen molar-refractivity contribution in [2.75, 3.05) is 6.54 Å². The van der Waals surface area contributed by atoms with Gasteiger partial charge < -0.3 is 5.11 Å². The molecule has 3 N–H and O–H groups in total. The van der Waals surface area contributed by atoms with E-state index in [4.69, 9.17) is 5.11 Å². The maximum absolute atomic E-state index is 10.8. The second-order valence-corrected chi connectivity index (χ2v) is 4.06. The number of hydrogen-bond acceptors (Lipinski definition) is 3. The molecule has 86 valence electrons. The molecular formula is C12H16N2O2. The maximum atomic E-state index is 10.8. The second kappa shape index (κ2) is 4.63. The van der Waals surface area contributed by atoms with E-state index >= 15 is 0 Å². The molecule has 0 bridgehead atoms. The number of fused-ring (bicyclic) bond motifs is 1. The summed E-state index contributed by atoms with van der Waals surface area (Å²) < 4.78 is 0. The Morgan fingerprint density at radius 1 is 1.56 bits per heavy atom. The molecule has 4 heteroatoms. The molecule has 1 aliphatic heterocycles. The Kier molecular flexibility index (Phi) is 3.22. The lowest BCUT2D eigenvalue weighted by molar-refractivity contribution is -0.139. The van der Waals surface area contributed by atoms with Crippen LogP contribution in [0.4, 0.5) is 0 Å². The fraction of sp³-hybridized carbons (Fsp3) is 0.417. The van der Waals surface area contributed by atoms with Gasteiger partial charge in [-0.2, -0.15) is 0 Å². The van der Waals surface area contributed by atoms with Gasteiger partial charge in [0.2, 0.25) is 0 Å². The first-order valence-electron chi connectivity index (χ1n) is 5.48. The average molecular weight is 220 g/mol. The first-order chi connectivity index (χ1) is 7.68. The van der Waals surface area contributed by atoms with Gasteiger partial charge in [0.05, 0.1) is 6.17 Å². The van der Waals surface area contributed by atoms with Crippen molar-refractivity contribution in [2.24, 2.45) is 0 Å². The number of carbonyl (C=O) groups is 1. The van der Waals surface area contributed by atoms with E-state index in [0.717, 1.165) is 18.5 Å². The number of hydrogen-bond donors (Lipinski definition) is 3. The van der Waals surface area contributed by atoms with Crippen LogP contribution in [0.5, 0.6) is 0 Å². The molecule has 2 atom stereocenters. The molecule has 4 nitrogen and oxygen atoms in total. The Morgan fingerprint density at radius 3 is 3.06 bits per heavy atom. The van der Waals surface area contributed by atoms with Crippen LogP contribution in [-0.4, -0.2) is 23.7 Å². The molecule has 0 amide bonds. The van der Waals surface area contributed by atoms with E-state index in [2.05, 4.69) is 16.7 Å². The van der Waals surface area contributed by atoms with E-state index in [1.54, 1.807) is 6.92 Å². The molecule has 0 aromatic heterocycles. The standard InChI is InChI=1S/C12H16N2O2/c1-8(12(15)16)14-11-10-5-3-2-4-9(10)6-7-13-11/h2-5,8,11,13-14H,6-7H2,1H3,(H,15,16). The summed E-state index contributed by atoms with van der Waals surface area (Å²) in [6.45, 7) is 2.53. The van der Waals surface area contributed by atoms with Crippen molar-refractivity contribution >= 4 is 5.97 Å². The van der Waals surface area contributed by atoms with Crippen molar-refractivity contribution in [2.45, 2.75) is 25.6 Å². The topological polar surface area (TPSA) is 61.4 Å². The van der Waals surface area contributed by atoms with Crippen molar-refractivity contribution in [3.05, 3.63) is 35.4 Å². The summed E-state index contributed by atoms with van der Waals surface area (Å²) in [5.41, 5.74) is 2.44. The summed E-state index contributed by atoms with van der Waals surface area (Å²) in [5, 5.41) is 15.2. The SMILES string of the molecule is CC(NC1NCCc2ccccc21)C(=O)O. The minimum atomic E-state index is -0.829. The van der Waals surface area contributed by atoms with E-state index in [9.17, 15) is 4.79 Å². The lowest BCUT2D eigenvalue weighted by Crippen LogP contribution is -2.45. The predicted molar refractivity (Wildman–Crippen MR) is 61.1 cm³/mol. The van der Waals surface area contributed by atoms with E-state index in [0.29, 0.717) is 0 Å². The Bertz CT molecular complexity index is 392. The number of rotatable bonds is 3. The second-order valence-electron chi connectivity index (χ2n) is 4.06. The van der Waals surface area contributed by atoms with Crippen LogP contribution < -0.4 is 10.6 Å². The monoisotopic (exact) mass is 220 g/mol. The Morgan fingerprint density at radius 2 is 2.31 bits per heavy atom. The molecule has 0 aliphatic carbocycles. The van der Waals surface area contributed by atoms with Crippen LogP contribution in [-0.2, 0) is 11.2 Å². The minimum absolute atomic E-state index is 0.0592. The van der Waals surface area contributed by atoms with Crippen molar-refractivity contribution in [1.82, 2.24) is 10.6 Å². The lowest BCUT2D eigenvalue weighted by atomic mass is 9.98. The third-order valence-electron chi connectivity index (χ3n) is 2.90. The van der Waals surface area contributed by atoms with Gasteiger partial charge >= 0.3 is 5.97 Å². The lowest BCUT2D eigenvalue weighted by Gasteiger charge is -2.29. The zero-order valence-electron chi connectivity index (χ0n) is 9.23. The van der Waals surface area contributed by atoms with E-state index in [-0.39, 0.29) is 6.17 Å². The van der Waals surface area contributed by atoms with Gasteiger partial charge in [-0.05, 0) is 24.5 Å². The Hall–Kier alpha value is -1.39. The molecule has 0 spiro atoms. The minimum Gasteiger partial charge on any atom is -0.480 e. The fourth-order valence-corrected chi connectivity index (χ4v) is 1.97. The summed E-state index contributed by atoms with van der Waals surface area (Å²) in [7, 11) is 0. The van der Waals surface area contributed by atoms with Crippen LogP contribution in [0.15, 0.2) is 24.3 Å². The van der Waals surface area contributed by atoms with Gasteiger partial charge in [-0.25, -0.2) is 0 Å². The van der Waals surface area contributed by atoms with Crippen molar-refractivity contribution in [3.63, 3.8) is 0 Å². The molecule has 2 rings (SSSR count). The first-order valence-corrected chi connectivity index (χ1v) is 5.48. The largest absolute Gasteiger partial charge is 0.480 e. The van der Waals surface area contributed by atoms with Crippen LogP contribution in [0.1, 0.15) is 24.2 Å². The van der Waals surface area contributed by atoms with E-state index in [1.165, 1.54) is 5.56 Å². The summed E-state index contributed by atoms with van der Waals surface area (Å²) in [5.74, 6) is -0.829. The van der Waals surface area contributed by atoms with Crippen molar-refractivity contribution < 1.29 is 9.90 Å². The van der Waals surface area contributed by atoms with Crippen LogP contribution in [0.3, 0.4) is 0 Å². The van der Waals surface area contributed by atoms with Gasteiger partial charge in [0.15, 0.2) is 0 Å². The third kappa shape index (κ3) is 2.23. The van der Waals surface area contributed by atoms with Gasteiger partial charge in [0.25, 0.3) is 0 Å². The molecule has 0 fully saturated rings. The molecule has 1 aromatic carbocycles. The molecule has 0 saturated carbocycles. The third-order valence-corrected chi connectivity index (χ3v) is 2.90. The van der Waals surface area contributed by atoms with Crippen LogP contribution >= 0.6 is 0 Å². The molecule has 0 radical (unpaired) electrons. The molecule has 2 unspecified atom stereocenters. The number of benzene rings is 1. The highest BCUT2D eigenvalue weighted by Gasteiger charge is 2.22. The highest BCUT2D eigenvalue weighted by molar-refractivity contribution is 5.72. The summed E-state index contributed by atoms with van der Waals surface area (Å²) in [4.78, 5) is 10.8. The van der Waals surface area contributed by atoms with Crippen molar-refractivity contribution in [1.29, 1.82) is 0 Å². The maximum Gasteiger partial charge on any atom is 0.320 e. The van der Waals surface area contributed by atoms with Crippen LogP contribution in [0.25, 0.3) is 0 Å². The van der Waals surface area contributed by atoms with Crippen LogP contribution in [0.2, 0.25) is 0 Å². The zero-order chi connectivity index (χ0) is 11.5. The van der Waals surface area contributed by atoms with Gasteiger partial charge in [-0.3, -0.25) is 15.4 Å². The molecule has 16 heavy (non-hydrogen) atoms. The smallest absolute Gasteiger partial charge is 0.320 e. The highest BCUT2D eigenvalue weighted by atomic mass is 16.4. The molecular weight excluding hydrogens is 204 g/mol. The van der Waals surface area contributed by atoms with Gasteiger partial charge in [-0.15, -0.1) is 0 Å². The van der Waals surface area contributed by atoms with Gasteiger partial charge in [0, 0.05) is 6.54 Å². The van der Waals surface area contributed by atoms with Gasteiger partial charge in [0.1, 0.15) is 6.04 Å². The van der Waals surface area contributed by atoms with E-state index < -0.39 is 12.0 Å². The summed E-state index contributed by atoms with van der Waals surface area (Å²) in [6, 6.07) is 7.57. The predicted octanol–water partition coefficient (Wildman–Crippen LogP) is 0.894.